The third-order valence-electron chi connectivity index (χ3n) is 5.59. The van der Waals surface area contributed by atoms with Gasteiger partial charge in [-0.05, 0) is 74.2 Å². The molecule has 0 radical (unpaired) electrons. The molecule has 7 N–H and O–H groups in total. The molecule has 0 unspecified atom stereocenters. The minimum atomic E-state index is -0.454. The van der Waals surface area contributed by atoms with Gasteiger partial charge in [-0.25, -0.2) is 9.97 Å². The van der Waals surface area contributed by atoms with E-state index in [1.807, 2.05) is 24.3 Å². The van der Waals surface area contributed by atoms with Crippen molar-refractivity contribution in [1.82, 2.24) is 20.2 Å². The van der Waals surface area contributed by atoms with E-state index >= 15 is 0 Å². The molecule has 1 amide bonds. The van der Waals surface area contributed by atoms with E-state index < -0.39 is 5.91 Å². The summed E-state index contributed by atoms with van der Waals surface area (Å²) in [5.74, 6) is -0.0237. The van der Waals surface area contributed by atoms with Crippen molar-refractivity contribution in [1.29, 1.82) is 0 Å². The minimum absolute atomic E-state index is 0.0193. The van der Waals surface area contributed by atoms with Crippen LogP contribution in [0.1, 0.15) is 34.5 Å². The maximum Gasteiger partial charge on any atom is 0.273 e. The van der Waals surface area contributed by atoms with Gasteiger partial charge < -0.3 is 31.9 Å². The van der Waals surface area contributed by atoms with Crippen molar-refractivity contribution in [3.8, 4) is 11.5 Å². The first-order valence-corrected chi connectivity index (χ1v) is 11.8. The van der Waals surface area contributed by atoms with E-state index in [9.17, 15) is 15.0 Å². The Kier molecular flexibility index (Phi) is 9.51. The number of halogens is 1. The molecule has 0 fully saturated rings. The van der Waals surface area contributed by atoms with Gasteiger partial charge in [0, 0.05) is 13.1 Å². The fourth-order valence-corrected chi connectivity index (χ4v) is 3.82. The van der Waals surface area contributed by atoms with Crippen LogP contribution in [0, 0.1) is 0 Å². The van der Waals surface area contributed by atoms with Crippen molar-refractivity contribution < 1.29 is 15.0 Å². The number of nitrogens with zero attached hydrogens (tertiary/aromatic N) is 3. The van der Waals surface area contributed by atoms with Crippen molar-refractivity contribution in [2.45, 2.75) is 25.7 Å². The van der Waals surface area contributed by atoms with Gasteiger partial charge >= 0.3 is 0 Å². The first kappa shape index (κ1) is 26.1. The molecular weight excluding hydrogens is 468 g/mol. The third-order valence-corrected chi connectivity index (χ3v) is 5.86. The lowest BCUT2D eigenvalue weighted by Gasteiger charge is -2.22. The van der Waals surface area contributed by atoms with Crippen LogP contribution in [0.5, 0.6) is 11.5 Å². The summed E-state index contributed by atoms with van der Waals surface area (Å²) in [5, 5.41) is 21.7. The van der Waals surface area contributed by atoms with E-state index in [2.05, 4.69) is 20.2 Å². The van der Waals surface area contributed by atoms with Crippen LogP contribution in [-0.4, -0.2) is 57.2 Å². The van der Waals surface area contributed by atoms with Crippen molar-refractivity contribution in [2.75, 3.05) is 37.6 Å². The first-order chi connectivity index (χ1) is 16.8. The Bertz CT molecular complexity index is 1060. The van der Waals surface area contributed by atoms with Crippen LogP contribution in [0.25, 0.3) is 0 Å². The van der Waals surface area contributed by atoms with Crippen LogP contribution in [0.2, 0.25) is 5.15 Å². The monoisotopic (exact) mass is 498 g/mol. The van der Waals surface area contributed by atoms with Gasteiger partial charge in [-0.15, -0.1) is 0 Å². The number of anilines is 2. The lowest BCUT2D eigenvalue weighted by molar-refractivity contribution is 0.0944. The molecule has 3 aromatic rings. The molecule has 10 heteroatoms. The number of carbonyl (C=O) groups is 1. The van der Waals surface area contributed by atoms with Crippen LogP contribution in [0.15, 0.2) is 48.5 Å². The van der Waals surface area contributed by atoms with Gasteiger partial charge in [0.1, 0.15) is 11.5 Å². The Morgan fingerprint density at radius 2 is 1.34 bits per heavy atom. The molecule has 1 aromatic heterocycles. The molecule has 186 valence electrons. The number of aromatic nitrogens is 2. The van der Waals surface area contributed by atoms with Crippen molar-refractivity contribution in [3.63, 3.8) is 0 Å². The quantitative estimate of drug-likeness (QED) is 0.255. The van der Waals surface area contributed by atoms with Gasteiger partial charge in [0.25, 0.3) is 5.91 Å². The molecule has 0 aliphatic rings. The zero-order valence-electron chi connectivity index (χ0n) is 19.5. The third kappa shape index (κ3) is 8.31. The van der Waals surface area contributed by atoms with E-state index in [0.29, 0.717) is 13.1 Å². The van der Waals surface area contributed by atoms with E-state index in [-0.39, 0.29) is 34.0 Å². The number of nitrogens with one attached hydrogen (secondary N) is 1. The predicted molar refractivity (Wildman–Crippen MR) is 137 cm³/mol. The maximum absolute atomic E-state index is 12.5. The standard InChI is InChI=1S/C25H31ClN6O3/c26-22-24(28)31-23(27)21(30-22)25(35)29-13-16-32(14-1-3-17-5-9-19(33)10-6-17)15-2-4-18-7-11-20(34)12-8-18/h5-12,33-34H,1-4,13-16H2,(H,29,35)(H4,27,28,31). The molecule has 0 atom stereocenters. The van der Waals surface area contributed by atoms with Gasteiger partial charge in [-0.3, -0.25) is 4.79 Å². The number of hydrogen-bond acceptors (Lipinski definition) is 8. The highest BCUT2D eigenvalue weighted by molar-refractivity contribution is 6.31. The average molecular weight is 499 g/mol. The second kappa shape index (κ2) is 12.8. The molecule has 0 bridgehead atoms. The summed E-state index contributed by atoms with van der Waals surface area (Å²) in [6, 6.07) is 14.5. The maximum atomic E-state index is 12.5. The smallest absolute Gasteiger partial charge is 0.273 e. The number of nitrogens with two attached hydrogens (primary N) is 2. The second-order valence-electron chi connectivity index (χ2n) is 8.27. The van der Waals surface area contributed by atoms with E-state index in [1.165, 1.54) is 0 Å². The van der Waals surface area contributed by atoms with Crippen LogP contribution in [0.4, 0.5) is 11.6 Å². The number of aryl methyl sites for hydroxylation is 2. The number of phenols is 2. The number of amides is 1. The molecule has 35 heavy (non-hydrogen) atoms. The SMILES string of the molecule is Nc1nc(N)c(C(=O)NCCN(CCCc2ccc(O)cc2)CCCc2ccc(O)cc2)nc1Cl. The summed E-state index contributed by atoms with van der Waals surface area (Å²) in [6.45, 7) is 2.75. The molecule has 3 rings (SSSR count). The minimum Gasteiger partial charge on any atom is -0.508 e. The first-order valence-electron chi connectivity index (χ1n) is 11.5. The average Bonchev–Trinajstić information content (AvgIpc) is 2.83. The number of nitrogen functional groups attached to an aromatic ring is 2. The summed E-state index contributed by atoms with van der Waals surface area (Å²) in [4.78, 5) is 22.6. The molecule has 0 spiro atoms. The number of rotatable bonds is 12. The topological polar surface area (TPSA) is 151 Å². The highest BCUT2D eigenvalue weighted by Crippen LogP contribution is 2.17. The summed E-state index contributed by atoms with van der Waals surface area (Å²) in [6.07, 6.45) is 3.64. The number of hydrogen-bond donors (Lipinski definition) is 5. The lowest BCUT2D eigenvalue weighted by Crippen LogP contribution is -2.37. The van der Waals surface area contributed by atoms with Crippen molar-refractivity contribution in [2.24, 2.45) is 0 Å². The Hall–Kier alpha value is -3.56. The van der Waals surface area contributed by atoms with Gasteiger partial charge in [0.15, 0.2) is 22.5 Å². The summed E-state index contributed by atoms with van der Waals surface area (Å²) >= 11 is 5.88. The number of carbonyl (C=O) groups excluding carboxylic acids is 1. The lowest BCUT2D eigenvalue weighted by atomic mass is 10.1. The Balaban J connectivity index is 1.52. The zero-order valence-corrected chi connectivity index (χ0v) is 20.2. The van der Waals surface area contributed by atoms with E-state index in [0.717, 1.165) is 49.9 Å². The van der Waals surface area contributed by atoms with Crippen LogP contribution >= 0.6 is 11.6 Å². The van der Waals surface area contributed by atoms with Gasteiger partial charge in [0.2, 0.25) is 0 Å². The Morgan fingerprint density at radius 1 is 0.829 bits per heavy atom. The number of aromatic hydroxyl groups is 2. The normalized spacial score (nSPS) is 11.0. The van der Waals surface area contributed by atoms with Gasteiger partial charge in [-0.1, -0.05) is 35.9 Å². The van der Waals surface area contributed by atoms with Gasteiger partial charge in [-0.2, -0.15) is 0 Å². The fourth-order valence-electron chi connectivity index (χ4n) is 3.69. The summed E-state index contributed by atoms with van der Waals surface area (Å²) in [7, 11) is 0. The fraction of sp³-hybridized carbons (Fsp3) is 0.320. The van der Waals surface area contributed by atoms with E-state index in [4.69, 9.17) is 23.1 Å². The molecule has 0 saturated carbocycles. The van der Waals surface area contributed by atoms with Crippen molar-refractivity contribution in [3.05, 3.63) is 70.5 Å². The van der Waals surface area contributed by atoms with Gasteiger partial charge in [0.05, 0.1) is 0 Å². The predicted octanol–water partition coefficient (Wildman–Crippen LogP) is 3.00. The Morgan fingerprint density at radius 3 is 1.86 bits per heavy atom. The molecule has 9 nitrogen and oxygen atoms in total. The largest absolute Gasteiger partial charge is 0.508 e. The number of phenolic OH excluding ortho intramolecular Hbond substituents is 2. The van der Waals surface area contributed by atoms with Crippen molar-refractivity contribution >= 4 is 29.1 Å². The molecule has 1 heterocycles. The second-order valence-corrected chi connectivity index (χ2v) is 8.63. The summed E-state index contributed by atoms with van der Waals surface area (Å²) < 4.78 is 0. The highest BCUT2D eigenvalue weighted by Gasteiger charge is 2.16. The van der Waals surface area contributed by atoms with Crippen LogP contribution in [0.3, 0.4) is 0 Å². The number of benzene rings is 2. The van der Waals surface area contributed by atoms with Crippen LogP contribution in [-0.2, 0) is 12.8 Å². The molecule has 0 saturated heterocycles. The molecular formula is C25H31ClN6O3. The highest BCUT2D eigenvalue weighted by atomic mass is 35.5. The van der Waals surface area contributed by atoms with E-state index in [1.54, 1.807) is 24.3 Å². The molecule has 0 aliphatic heterocycles. The molecule has 0 aliphatic carbocycles. The Labute approximate surface area is 209 Å². The molecule has 2 aromatic carbocycles. The van der Waals surface area contributed by atoms with Crippen LogP contribution < -0.4 is 16.8 Å². The zero-order chi connectivity index (χ0) is 25.2. The summed E-state index contributed by atoms with van der Waals surface area (Å²) in [5.41, 5.74) is 13.6.